The lowest BCUT2D eigenvalue weighted by Crippen LogP contribution is -2.08. The van der Waals surface area contributed by atoms with Crippen molar-refractivity contribution in [1.82, 2.24) is 4.98 Å². The molecule has 20 heavy (non-hydrogen) atoms. The molecule has 0 saturated carbocycles. The first-order valence-corrected chi connectivity index (χ1v) is 7.05. The van der Waals surface area contributed by atoms with Crippen LogP contribution < -0.4 is 15.4 Å². The second-order valence-corrected chi connectivity index (χ2v) is 5.69. The second-order valence-electron chi connectivity index (χ2n) is 4.70. The van der Waals surface area contributed by atoms with Crippen molar-refractivity contribution in [2.75, 3.05) is 24.7 Å². The van der Waals surface area contributed by atoms with Gasteiger partial charge in [-0.1, -0.05) is 17.4 Å². The number of ether oxygens (including phenoxy) is 1. The summed E-state index contributed by atoms with van der Waals surface area (Å²) in [5.74, 6) is 0.781. The van der Waals surface area contributed by atoms with E-state index in [-0.39, 0.29) is 0 Å². The van der Waals surface area contributed by atoms with Crippen molar-refractivity contribution in [2.45, 2.75) is 0 Å². The van der Waals surface area contributed by atoms with Crippen LogP contribution in [0.1, 0.15) is 0 Å². The van der Waals surface area contributed by atoms with Gasteiger partial charge in [0, 0.05) is 31.5 Å². The molecule has 0 atom stereocenters. The molecule has 0 amide bonds. The Morgan fingerprint density at radius 2 is 2.00 bits per heavy atom. The van der Waals surface area contributed by atoms with E-state index in [0.717, 1.165) is 27.3 Å². The summed E-state index contributed by atoms with van der Waals surface area (Å²) in [5.41, 5.74) is 8.51. The highest BCUT2D eigenvalue weighted by atomic mass is 32.1. The van der Waals surface area contributed by atoms with E-state index in [1.54, 1.807) is 0 Å². The van der Waals surface area contributed by atoms with Crippen LogP contribution in [0.25, 0.3) is 10.2 Å². The van der Waals surface area contributed by atoms with Crippen LogP contribution in [0, 0.1) is 0 Å². The molecule has 0 fully saturated rings. The van der Waals surface area contributed by atoms with Crippen LogP contribution in [-0.4, -0.2) is 19.1 Å². The Hall–Kier alpha value is -2.27. The highest BCUT2D eigenvalue weighted by Gasteiger charge is 2.07. The van der Waals surface area contributed by atoms with E-state index >= 15 is 0 Å². The van der Waals surface area contributed by atoms with Gasteiger partial charge < -0.3 is 15.4 Å². The van der Waals surface area contributed by atoms with E-state index in [0.29, 0.717) is 5.19 Å². The van der Waals surface area contributed by atoms with Crippen molar-refractivity contribution < 1.29 is 4.74 Å². The number of hydrogen-bond donors (Lipinski definition) is 1. The SMILES string of the molecule is CN(C)c1cccc(Oc2nc3ccc(N)cc3s2)c1. The minimum atomic E-state index is 0.626. The third kappa shape index (κ3) is 2.53. The largest absolute Gasteiger partial charge is 0.431 e. The number of benzene rings is 2. The Labute approximate surface area is 121 Å². The van der Waals surface area contributed by atoms with Gasteiger partial charge in [0.15, 0.2) is 0 Å². The quantitative estimate of drug-likeness (QED) is 0.745. The zero-order chi connectivity index (χ0) is 14.1. The lowest BCUT2D eigenvalue weighted by Gasteiger charge is -2.13. The number of nitrogen functional groups attached to an aromatic ring is 1. The highest BCUT2D eigenvalue weighted by Crippen LogP contribution is 2.33. The fourth-order valence-corrected chi connectivity index (χ4v) is 2.77. The van der Waals surface area contributed by atoms with Crippen LogP contribution in [0.3, 0.4) is 0 Å². The lowest BCUT2D eigenvalue weighted by molar-refractivity contribution is 0.480. The van der Waals surface area contributed by atoms with Crippen LogP contribution >= 0.6 is 11.3 Å². The number of nitrogens with two attached hydrogens (primary N) is 1. The molecule has 3 rings (SSSR count). The summed E-state index contributed by atoms with van der Waals surface area (Å²) < 4.78 is 6.87. The van der Waals surface area contributed by atoms with Crippen molar-refractivity contribution in [3.05, 3.63) is 42.5 Å². The van der Waals surface area contributed by atoms with E-state index in [4.69, 9.17) is 10.5 Å². The maximum absolute atomic E-state index is 5.83. The Morgan fingerprint density at radius 3 is 2.80 bits per heavy atom. The van der Waals surface area contributed by atoms with Gasteiger partial charge >= 0.3 is 0 Å². The van der Waals surface area contributed by atoms with E-state index in [2.05, 4.69) is 4.98 Å². The summed E-state index contributed by atoms with van der Waals surface area (Å²) in [7, 11) is 4.00. The van der Waals surface area contributed by atoms with Gasteiger partial charge in [-0.25, -0.2) is 4.98 Å². The van der Waals surface area contributed by atoms with Gasteiger partial charge in [0.05, 0.1) is 10.2 Å². The first-order valence-electron chi connectivity index (χ1n) is 6.23. The molecular formula is C15H15N3OS. The minimum absolute atomic E-state index is 0.626. The van der Waals surface area contributed by atoms with Crippen LogP contribution in [0.4, 0.5) is 11.4 Å². The zero-order valence-electron chi connectivity index (χ0n) is 11.3. The van der Waals surface area contributed by atoms with Gasteiger partial charge in [-0.15, -0.1) is 0 Å². The summed E-state index contributed by atoms with van der Waals surface area (Å²) in [6.45, 7) is 0. The molecule has 0 aliphatic heterocycles. The highest BCUT2D eigenvalue weighted by molar-refractivity contribution is 7.20. The maximum atomic E-state index is 5.83. The molecular weight excluding hydrogens is 270 g/mol. The van der Waals surface area contributed by atoms with Crippen molar-refractivity contribution in [1.29, 1.82) is 0 Å². The molecule has 0 spiro atoms. The standard InChI is InChI=1S/C15H15N3OS/c1-18(2)11-4-3-5-12(9-11)19-15-17-13-7-6-10(16)8-14(13)20-15/h3-9H,16H2,1-2H3. The Bertz CT molecular complexity index is 752. The molecule has 0 aliphatic rings. The molecule has 2 aromatic carbocycles. The van der Waals surface area contributed by atoms with E-state index < -0.39 is 0 Å². The summed E-state index contributed by atoms with van der Waals surface area (Å²) >= 11 is 1.49. The third-order valence-corrected chi connectivity index (χ3v) is 3.83. The van der Waals surface area contributed by atoms with E-state index in [9.17, 15) is 0 Å². The van der Waals surface area contributed by atoms with Crippen molar-refractivity contribution in [2.24, 2.45) is 0 Å². The fraction of sp³-hybridized carbons (Fsp3) is 0.133. The number of hydrogen-bond acceptors (Lipinski definition) is 5. The number of aromatic nitrogens is 1. The number of fused-ring (bicyclic) bond motifs is 1. The molecule has 102 valence electrons. The number of nitrogens with zero attached hydrogens (tertiary/aromatic N) is 2. The molecule has 0 saturated heterocycles. The Kier molecular flexibility index (Phi) is 3.20. The summed E-state index contributed by atoms with van der Waals surface area (Å²) in [4.78, 5) is 6.48. The smallest absolute Gasteiger partial charge is 0.279 e. The van der Waals surface area contributed by atoms with Gasteiger partial charge in [-0.2, -0.15) is 0 Å². The molecule has 0 unspecified atom stereocenters. The fourth-order valence-electron chi connectivity index (χ4n) is 1.89. The minimum Gasteiger partial charge on any atom is -0.431 e. The first-order chi connectivity index (χ1) is 9.61. The average Bonchev–Trinajstić information content (AvgIpc) is 2.80. The van der Waals surface area contributed by atoms with Gasteiger partial charge in [-0.3, -0.25) is 0 Å². The average molecular weight is 285 g/mol. The van der Waals surface area contributed by atoms with Crippen LogP contribution in [-0.2, 0) is 0 Å². The van der Waals surface area contributed by atoms with E-state index in [1.165, 1.54) is 11.3 Å². The topological polar surface area (TPSA) is 51.4 Å². The van der Waals surface area contributed by atoms with Crippen LogP contribution in [0.15, 0.2) is 42.5 Å². The Balaban J connectivity index is 1.90. The number of anilines is 2. The summed E-state index contributed by atoms with van der Waals surface area (Å²) in [6.07, 6.45) is 0. The molecule has 0 radical (unpaired) electrons. The van der Waals surface area contributed by atoms with E-state index in [1.807, 2.05) is 61.5 Å². The zero-order valence-corrected chi connectivity index (χ0v) is 12.1. The predicted octanol–water partition coefficient (Wildman–Crippen LogP) is 3.74. The molecule has 3 aromatic rings. The normalized spacial score (nSPS) is 10.7. The van der Waals surface area contributed by atoms with Crippen molar-refractivity contribution >= 4 is 32.9 Å². The molecule has 0 bridgehead atoms. The molecule has 1 heterocycles. The molecule has 0 aliphatic carbocycles. The monoisotopic (exact) mass is 285 g/mol. The van der Waals surface area contributed by atoms with Crippen LogP contribution in [0.2, 0.25) is 0 Å². The lowest BCUT2D eigenvalue weighted by atomic mass is 10.3. The Morgan fingerprint density at radius 1 is 1.15 bits per heavy atom. The van der Waals surface area contributed by atoms with Gasteiger partial charge in [-0.05, 0) is 30.3 Å². The maximum Gasteiger partial charge on any atom is 0.279 e. The molecule has 1 aromatic heterocycles. The number of rotatable bonds is 3. The number of thiazole rings is 1. The summed E-state index contributed by atoms with van der Waals surface area (Å²) in [5, 5.41) is 0.626. The summed E-state index contributed by atoms with van der Waals surface area (Å²) in [6, 6.07) is 13.6. The van der Waals surface area contributed by atoms with Gasteiger partial charge in [0.2, 0.25) is 0 Å². The molecule has 5 heteroatoms. The second kappa shape index (κ2) is 5.02. The van der Waals surface area contributed by atoms with Crippen molar-refractivity contribution in [3.8, 4) is 10.9 Å². The van der Waals surface area contributed by atoms with Crippen LogP contribution in [0.5, 0.6) is 10.9 Å². The van der Waals surface area contributed by atoms with Crippen molar-refractivity contribution in [3.63, 3.8) is 0 Å². The first kappa shape index (κ1) is 12.7. The predicted molar refractivity (Wildman–Crippen MR) is 84.9 cm³/mol. The van der Waals surface area contributed by atoms with Gasteiger partial charge in [0.1, 0.15) is 5.75 Å². The van der Waals surface area contributed by atoms with Gasteiger partial charge in [0.25, 0.3) is 5.19 Å². The third-order valence-electron chi connectivity index (χ3n) is 2.93. The molecule has 4 nitrogen and oxygen atoms in total. The molecule has 2 N–H and O–H groups in total.